The van der Waals surface area contributed by atoms with Crippen LogP contribution in [0.2, 0.25) is 0 Å². The molecule has 108 valence electrons. The van der Waals surface area contributed by atoms with Gasteiger partial charge in [0.1, 0.15) is 11.5 Å². The predicted octanol–water partition coefficient (Wildman–Crippen LogP) is 5.12. The quantitative estimate of drug-likeness (QED) is 0.713. The van der Waals surface area contributed by atoms with Crippen LogP contribution >= 0.6 is 15.9 Å². The van der Waals surface area contributed by atoms with Gasteiger partial charge >= 0.3 is 0 Å². The number of fused-ring (bicyclic) bond motifs is 1. The van der Waals surface area contributed by atoms with E-state index in [-0.39, 0.29) is 6.04 Å². The number of hydrogen-bond donors (Lipinski definition) is 1. The van der Waals surface area contributed by atoms with Crippen LogP contribution in [0.4, 0.5) is 0 Å². The molecule has 0 spiro atoms. The van der Waals surface area contributed by atoms with Gasteiger partial charge in [-0.1, -0.05) is 46.3 Å². The van der Waals surface area contributed by atoms with Crippen molar-refractivity contribution in [3.63, 3.8) is 0 Å². The first-order valence-electron chi connectivity index (χ1n) is 7.03. The molecule has 21 heavy (non-hydrogen) atoms. The van der Waals surface area contributed by atoms with Crippen molar-refractivity contribution in [3.05, 3.63) is 69.6 Å². The molecule has 0 aliphatic heterocycles. The van der Waals surface area contributed by atoms with E-state index in [9.17, 15) is 0 Å². The number of halogens is 1. The van der Waals surface area contributed by atoms with Gasteiger partial charge in [0.15, 0.2) is 0 Å². The minimum Gasteiger partial charge on any atom is -0.466 e. The van der Waals surface area contributed by atoms with Gasteiger partial charge in [-0.15, -0.1) is 0 Å². The van der Waals surface area contributed by atoms with Gasteiger partial charge in [-0.3, -0.25) is 0 Å². The molecule has 1 atom stereocenters. The van der Waals surface area contributed by atoms with E-state index in [0.29, 0.717) is 0 Å². The average Bonchev–Trinajstić information content (AvgIpc) is 2.81. The topological polar surface area (TPSA) is 25.2 Å². The Labute approximate surface area is 133 Å². The van der Waals surface area contributed by atoms with Crippen LogP contribution in [0.15, 0.2) is 51.4 Å². The van der Waals surface area contributed by atoms with E-state index in [1.807, 2.05) is 20.9 Å². The van der Waals surface area contributed by atoms with E-state index >= 15 is 0 Å². The molecule has 0 fully saturated rings. The summed E-state index contributed by atoms with van der Waals surface area (Å²) in [4.78, 5) is 0. The standard InChI is InChI=1S/C18H18BrNO/c1-11-10-16(12(2)21-11)18(20-3)15-8-9-17(19)14-7-5-4-6-13(14)15/h4-10,18,20H,1-3H3. The van der Waals surface area contributed by atoms with E-state index in [1.165, 1.54) is 21.9 Å². The maximum absolute atomic E-state index is 5.71. The fourth-order valence-electron chi connectivity index (χ4n) is 2.95. The number of aryl methyl sites for hydroxylation is 2. The fraction of sp³-hybridized carbons (Fsp3) is 0.222. The Kier molecular flexibility index (Phi) is 3.87. The molecule has 0 radical (unpaired) electrons. The van der Waals surface area contributed by atoms with Gasteiger partial charge in [0.2, 0.25) is 0 Å². The van der Waals surface area contributed by atoms with Crippen LogP contribution in [0, 0.1) is 13.8 Å². The molecular formula is C18H18BrNO. The van der Waals surface area contributed by atoms with Gasteiger partial charge in [-0.05, 0) is 49.4 Å². The summed E-state index contributed by atoms with van der Waals surface area (Å²) in [6, 6.07) is 15.0. The summed E-state index contributed by atoms with van der Waals surface area (Å²) in [5, 5.41) is 5.91. The molecule has 0 aliphatic carbocycles. The fourth-order valence-corrected chi connectivity index (χ4v) is 3.43. The molecule has 0 saturated heterocycles. The molecular weight excluding hydrogens is 326 g/mol. The predicted molar refractivity (Wildman–Crippen MR) is 90.7 cm³/mol. The Hall–Kier alpha value is -1.58. The van der Waals surface area contributed by atoms with E-state index in [0.717, 1.165) is 16.0 Å². The average molecular weight is 344 g/mol. The summed E-state index contributed by atoms with van der Waals surface area (Å²) >= 11 is 3.64. The molecule has 3 rings (SSSR count). The Balaban J connectivity index is 2.22. The number of furan rings is 1. The van der Waals surface area contributed by atoms with Crippen LogP contribution in [0.5, 0.6) is 0 Å². The molecule has 2 aromatic carbocycles. The van der Waals surface area contributed by atoms with Crippen molar-refractivity contribution >= 4 is 26.7 Å². The summed E-state index contributed by atoms with van der Waals surface area (Å²) < 4.78 is 6.83. The van der Waals surface area contributed by atoms with Crippen molar-refractivity contribution in [2.24, 2.45) is 0 Å². The molecule has 2 nitrogen and oxygen atoms in total. The van der Waals surface area contributed by atoms with E-state index < -0.39 is 0 Å². The molecule has 1 N–H and O–H groups in total. The third-order valence-electron chi connectivity index (χ3n) is 3.89. The van der Waals surface area contributed by atoms with Crippen LogP contribution < -0.4 is 5.32 Å². The highest BCUT2D eigenvalue weighted by Crippen LogP contribution is 2.34. The molecule has 0 saturated carbocycles. The van der Waals surface area contributed by atoms with Crippen molar-refractivity contribution in [1.82, 2.24) is 5.32 Å². The van der Waals surface area contributed by atoms with Gasteiger partial charge in [0, 0.05) is 10.0 Å². The summed E-state index contributed by atoms with van der Waals surface area (Å²) in [5.74, 6) is 1.92. The lowest BCUT2D eigenvalue weighted by Crippen LogP contribution is -2.18. The summed E-state index contributed by atoms with van der Waals surface area (Å²) in [5.41, 5.74) is 2.46. The smallest absolute Gasteiger partial charge is 0.106 e. The zero-order valence-corrected chi connectivity index (χ0v) is 14.0. The molecule has 3 heteroatoms. The van der Waals surface area contributed by atoms with Crippen molar-refractivity contribution < 1.29 is 4.42 Å². The molecule has 3 aromatic rings. The Morgan fingerprint density at radius 3 is 2.33 bits per heavy atom. The lowest BCUT2D eigenvalue weighted by Gasteiger charge is -2.19. The maximum Gasteiger partial charge on any atom is 0.106 e. The minimum atomic E-state index is 0.125. The second kappa shape index (κ2) is 5.66. The molecule has 1 heterocycles. The highest BCUT2D eigenvalue weighted by atomic mass is 79.9. The number of hydrogen-bond acceptors (Lipinski definition) is 2. The Morgan fingerprint density at radius 1 is 1.00 bits per heavy atom. The summed E-state index contributed by atoms with van der Waals surface area (Å²) in [6.45, 7) is 4.01. The lowest BCUT2D eigenvalue weighted by atomic mass is 9.94. The summed E-state index contributed by atoms with van der Waals surface area (Å²) in [7, 11) is 1.99. The van der Waals surface area contributed by atoms with E-state index in [1.54, 1.807) is 0 Å². The first-order valence-corrected chi connectivity index (χ1v) is 7.82. The third kappa shape index (κ3) is 2.52. The monoisotopic (exact) mass is 343 g/mol. The molecule has 1 aromatic heterocycles. The molecule has 0 aliphatic rings. The normalized spacial score (nSPS) is 12.8. The van der Waals surface area contributed by atoms with Crippen LogP contribution in [0.1, 0.15) is 28.7 Å². The zero-order valence-electron chi connectivity index (χ0n) is 12.4. The van der Waals surface area contributed by atoms with Crippen LogP contribution in [-0.2, 0) is 0 Å². The van der Waals surface area contributed by atoms with Crippen molar-refractivity contribution in [2.45, 2.75) is 19.9 Å². The second-order valence-electron chi connectivity index (χ2n) is 5.27. The van der Waals surface area contributed by atoms with Crippen LogP contribution in [0.25, 0.3) is 10.8 Å². The molecule has 1 unspecified atom stereocenters. The second-order valence-corrected chi connectivity index (χ2v) is 6.13. The van der Waals surface area contributed by atoms with Gasteiger partial charge < -0.3 is 9.73 Å². The highest BCUT2D eigenvalue weighted by Gasteiger charge is 2.20. The zero-order chi connectivity index (χ0) is 15.0. The summed E-state index contributed by atoms with van der Waals surface area (Å²) in [6.07, 6.45) is 0. The first-order chi connectivity index (χ1) is 10.1. The number of rotatable bonds is 3. The van der Waals surface area contributed by atoms with E-state index in [4.69, 9.17) is 4.42 Å². The SMILES string of the molecule is CNC(c1cc(C)oc1C)c1ccc(Br)c2ccccc12. The van der Waals surface area contributed by atoms with Gasteiger partial charge in [-0.2, -0.15) is 0 Å². The van der Waals surface area contributed by atoms with Crippen LogP contribution in [0.3, 0.4) is 0 Å². The Bertz CT molecular complexity index is 791. The van der Waals surface area contributed by atoms with Crippen molar-refractivity contribution in [2.75, 3.05) is 7.05 Å². The minimum absolute atomic E-state index is 0.125. The van der Waals surface area contributed by atoms with Gasteiger partial charge in [-0.25, -0.2) is 0 Å². The number of benzene rings is 2. The maximum atomic E-state index is 5.71. The van der Waals surface area contributed by atoms with Crippen molar-refractivity contribution in [1.29, 1.82) is 0 Å². The van der Waals surface area contributed by atoms with E-state index in [2.05, 4.69) is 63.7 Å². The van der Waals surface area contributed by atoms with Gasteiger partial charge in [0.25, 0.3) is 0 Å². The largest absolute Gasteiger partial charge is 0.466 e. The van der Waals surface area contributed by atoms with Crippen LogP contribution in [-0.4, -0.2) is 7.05 Å². The highest BCUT2D eigenvalue weighted by molar-refractivity contribution is 9.10. The van der Waals surface area contributed by atoms with Crippen molar-refractivity contribution in [3.8, 4) is 0 Å². The molecule has 0 bridgehead atoms. The lowest BCUT2D eigenvalue weighted by molar-refractivity contribution is 0.497. The molecule has 0 amide bonds. The third-order valence-corrected chi connectivity index (χ3v) is 4.59. The Morgan fingerprint density at radius 2 is 1.71 bits per heavy atom. The number of nitrogens with one attached hydrogen (secondary N) is 1. The van der Waals surface area contributed by atoms with Gasteiger partial charge in [0.05, 0.1) is 6.04 Å². The first kappa shape index (κ1) is 14.4.